The maximum atomic E-state index is 2.35. The molecule has 224 valence electrons. The van der Waals surface area contributed by atoms with Gasteiger partial charge >= 0.3 is 102 Å². The molecule has 0 fully saturated rings. The first-order valence-corrected chi connectivity index (χ1v) is 16.7. The van der Waals surface area contributed by atoms with Crippen LogP contribution in [0.25, 0.3) is 21.5 Å². The molecule has 0 saturated carbocycles. The van der Waals surface area contributed by atoms with E-state index in [1.807, 2.05) is 30.3 Å². The minimum absolute atomic E-state index is 0. The van der Waals surface area contributed by atoms with Crippen LogP contribution in [0.1, 0.15) is 97.3 Å². The maximum absolute atomic E-state index is 2.35. The first kappa shape index (κ1) is 38.2. The average Bonchev–Trinajstić information content (AvgIpc) is 3.62. The Hall–Kier alpha value is -1.80. The molecular formula is C39H48Cl2Hf-2. The van der Waals surface area contributed by atoms with Crippen LogP contribution in [-0.4, -0.2) is 3.26 Å². The average molecular weight is 766 g/mol. The normalized spacial score (nSPS) is 11.0. The van der Waals surface area contributed by atoms with Gasteiger partial charge in [0, 0.05) is 0 Å². The van der Waals surface area contributed by atoms with Gasteiger partial charge in [-0.05, 0) is 10.8 Å². The summed E-state index contributed by atoms with van der Waals surface area (Å²) in [5.41, 5.74) is 4.68. The minimum Gasteiger partial charge on any atom is -1.00 e. The Morgan fingerprint density at radius 3 is 1.55 bits per heavy atom. The monoisotopic (exact) mass is 766 g/mol. The van der Waals surface area contributed by atoms with Crippen molar-refractivity contribution in [3.8, 4) is 0 Å². The quantitative estimate of drug-likeness (QED) is 0.123. The van der Waals surface area contributed by atoms with E-state index in [2.05, 4.69) is 121 Å². The van der Waals surface area contributed by atoms with Crippen molar-refractivity contribution in [2.45, 2.75) is 91.4 Å². The zero-order chi connectivity index (χ0) is 29.2. The number of benzene rings is 3. The molecule has 0 amide bonds. The third kappa shape index (κ3) is 11.7. The molecule has 5 aromatic carbocycles. The van der Waals surface area contributed by atoms with E-state index in [-0.39, 0.29) is 35.6 Å². The van der Waals surface area contributed by atoms with Crippen LogP contribution in [0.4, 0.5) is 0 Å². The van der Waals surface area contributed by atoms with Crippen molar-refractivity contribution < 1.29 is 48.7 Å². The molecule has 0 aliphatic rings. The Kier molecular flexibility index (Phi) is 16.5. The summed E-state index contributed by atoms with van der Waals surface area (Å²) in [6.45, 7) is 15.9. The van der Waals surface area contributed by atoms with Gasteiger partial charge in [-0.3, -0.25) is 0 Å². The van der Waals surface area contributed by atoms with E-state index in [9.17, 15) is 0 Å². The molecule has 5 rings (SSSR count). The summed E-state index contributed by atoms with van der Waals surface area (Å²) < 4.78 is 1.67. The Morgan fingerprint density at radius 1 is 0.643 bits per heavy atom. The molecule has 5 aromatic rings. The third-order valence-corrected chi connectivity index (χ3v) is 9.33. The molecule has 0 nitrogen and oxygen atoms in total. The van der Waals surface area contributed by atoms with E-state index in [4.69, 9.17) is 0 Å². The first-order valence-electron chi connectivity index (χ1n) is 14.9. The van der Waals surface area contributed by atoms with Gasteiger partial charge in [-0.25, -0.2) is 12.1 Å². The fourth-order valence-corrected chi connectivity index (χ4v) is 6.02. The number of rotatable bonds is 6. The summed E-state index contributed by atoms with van der Waals surface area (Å²) in [5.74, 6) is 0. The van der Waals surface area contributed by atoms with Gasteiger partial charge in [0.25, 0.3) is 0 Å². The smallest absolute Gasteiger partial charge is 0.172 e. The molecule has 0 saturated heterocycles. The van der Waals surface area contributed by atoms with Gasteiger partial charge in [-0.2, -0.15) is 18.2 Å². The number of halogens is 2. The predicted octanol–water partition coefficient (Wildman–Crippen LogP) is 5.44. The van der Waals surface area contributed by atoms with E-state index in [0.717, 1.165) is 0 Å². The van der Waals surface area contributed by atoms with Gasteiger partial charge < -0.3 is 24.8 Å². The molecule has 42 heavy (non-hydrogen) atoms. The van der Waals surface area contributed by atoms with Gasteiger partial charge in [-0.15, -0.1) is 39.7 Å². The molecule has 0 aliphatic carbocycles. The van der Waals surface area contributed by atoms with Crippen LogP contribution < -0.4 is 24.8 Å². The molecule has 3 heteroatoms. The van der Waals surface area contributed by atoms with Crippen LogP contribution in [-0.2, 0) is 34.7 Å². The number of hydrogen-bond acceptors (Lipinski definition) is 0. The molecule has 0 spiro atoms. The molecule has 0 bridgehead atoms. The van der Waals surface area contributed by atoms with Crippen LogP contribution in [0.2, 0.25) is 0 Å². The zero-order valence-corrected chi connectivity index (χ0v) is 31.7. The van der Waals surface area contributed by atoms with E-state index >= 15 is 0 Å². The van der Waals surface area contributed by atoms with Crippen molar-refractivity contribution in [1.82, 2.24) is 0 Å². The second kappa shape index (κ2) is 18.1. The number of unbranched alkanes of at least 4 members (excludes halogenated alkanes) is 3. The van der Waals surface area contributed by atoms with Crippen molar-refractivity contribution in [3.63, 3.8) is 0 Å². The molecule has 0 heterocycles. The van der Waals surface area contributed by atoms with Crippen molar-refractivity contribution in [2.24, 2.45) is 0 Å². The second-order valence-electron chi connectivity index (χ2n) is 12.9. The van der Waals surface area contributed by atoms with E-state index in [1.54, 1.807) is 3.26 Å². The topological polar surface area (TPSA) is 0 Å². The maximum Gasteiger partial charge on any atom is -0.172 e. The third-order valence-electron chi connectivity index (χ3n) is 7.39. The molecule has 0 aliphatic heterocycles. The Balaban J connectivity index is 0.000000363. The van der Waals surface area contributed by atoms with Gasteiger partial charge in [0.1, 0.15) is 0 Å². The van der Waals surface area contributed by atoms with Crippen LogP contribution in [0.15, 0.2) is 103 Å². The Morgan fingerprint density at radius 2 is 1.14 bits per heavy atom. The first-order chi connectivity index (χ1) is 19.0. The molecule has 0 aromatic heterocycles. The van der Waals surface area contributed by atoms with Crippen molar-refractivity contribution in [1.29, 1.82) is 0 Å². The Bertz CT molecular complexity index is 1360. The largest absolute Gasteiger partial charge is 1.00 e. The van der Waals surface area contributed by atoms with Crippen LogP contribution in [0, 0.1) is 0 Å². The van der Waals surface area contributed by atoms with Crippen molar-refractivity contribution in [3.05, 3.63) is 120 Å². The van der Waals surface area contributed by atoms with Gasteiger partial charge in [0.05, 0.1) is 0 Å². The van der Waals surface area contributed by atoms with E-state index in [0.29, 0.717) is 0 Å². The zero-order valence-electron chi connectivity index (χ0n) is 26.6. The van der Waals surface area contributed by atoms with Gasteiger partial charge in [0.15, 0.2) is 0 Å². The van der Waals surface area contributed by atoms with E-state index < -0.39 is 0 Å². The Labute approximate surface area is 282 Å². The summed E-state index contributed by atoms with van der Waals surface area (Å²) in [6.07, 6.45) is 6.82. The van der Waals surface area contributed by atoms with Crippen molar-refractivity contribution >= 4 is 24.8 Å². The summed E-state index contributed by atoms with van der Waals surface area (Å²) in [7, 11) is 0. The molecule has 0 radical (unpaired) electrons. The number of hydrogen-bond donors (Lipinski definition) is 0. The fraction of sp³-hybridized carbons (Fsp3) is 0.359. The van der Waals surface area contributed by atoms with Crippen LogP contribution >= 0.6 is 0 Å². The van der Waals surface area contributed by atoms with Gasteiger partial charge in [0.2, 0.25) is 0 Å². The molecule has 0 unspecified atom stereocenters. The standard InChI is InChI=1S/C21H25.C13H18.C5H5.2ClH.Hf/c1-20(2,3)16-7-9-18-14(12-16)11-15-13-17(21(4,5)6)8-10-19(15)18;1-2-3-4-5-7-10-13-11-8-6-9-12-13;1-2-4-5-3-1;;;/h7-13H,1-6H3;6,8-9,11-12H,2-5,7H2,1H3;1-5H;2*1H;/q-1;;-1;;;+2/p-2. The fourth-order valence-electron chi connectivity index (χ4n) is 4.79. The predicted molar refractivity (Wildman–Crippen MR) is 176 cm³/mol. The minimum atomic E-state index is 0. The second-order valence-corrected chi connectivity index (χ2v) is 15.0. The SMILES string of the molecule is CC(C)(C)c1ccc2c(c1)[cH-]c1cc(C(C)(C)C)ccc12.CCCCCC[C](=[Hf+2])c1ccccc1.[Cl-].[Cl-].c1cc[cH-]c1. The summed E-state index contributed by atoms with van der Waals surface area (Å²) in [6, 6.07) is 37.0. The van der Waals surface area contributed by atoms with E-state index in [1.165, 1.54) is 94.2 Å². The summed E-state index contributed by atoms with van der Waals surface area (Å²) >= 11 is 1.21. The molecule has 0 atom stereocenters. The van der Waals surface area contributed by atoms with Crippen molar-refractivity contribution in [2.75, 3.05) is 0 Å². The van der Waals surface area contributed by atoms with Crippen LogP contribution in [0.5, 0.6) is 0 Å². The molecular weight excluding hydrogens is 718 g/mol. The summed E-state index contributed by atoms with van der Waals surface area (Å²) in [4.78, 5) is 0. The summed E-state index contributed by atoms with van der Waals surface area (Å²) in [5, 5.41) is 5.48. The van der Waals surface area contributed by atoms with Gasteiger partial charge in [-0.1, -0.05) is 76.9 Å². The molecule has 0 N–H and O–H groups in total. The number of fused-ring (bicyclic) bond motifs is 3. The van der Waals surface area contributed by atoms with Crippen LogP contribution in [0.3, 0.4) is 0 Å².